The molecule has 1 aliphatic rings. The fourth-order valence-corrected chi connectivity index (χ4v) is 2.03. The molecule has 0 spiro atoms. The first-order valence-electron chi connectivity index (χ1n) is 7.14. The molecule has 0 fully saturated rings. The number of ether oxygens (including phenoxy) is 3. The van der Waals surface area contributed by atoms with Gasteiger partial charge in [0.25, 0.3) is 0 Å². The molecule has 0 atom stereocenters. The molecule has 2 rings (SSSR count). The van der Waals surface area contributed by atoms with Crippen molar-refractivity contribution in [3.8, 4) is 11.5 Å². The molecule has 1 heterocycles. The molecule has 1 aliphatic heterocycles. The van der Waals surface area contributed by atoms with Crippen LogP contribution in [0.4, 0.5) is 0 Å². The topological polar surface area (TPSA) is 68.8 Å². The lowest BCUT2D eigenvalue weighted by Gasteiger charge is -2.18. The average molecular weight is 294 g/mol. The summed E-state index contributed by atoms with van der Waals surface area (Å²) < 4.78 is 15.9. The summed E-state index contributed by atoms with van der Waals surface area (Å²) in [6.45, 7) is 3.37. The van der Waals surface area contributed by atoms with Gasteiger partial charge in [-0.15, -0.1) is 0 Å². The van der Waals surface area contributed by atoms with Gasteiger partial charge in [0, 0.05) is 20.2 Å². The van der Waals surface area contributed by atoms with Crippen molar-refractivity contribution in [2.24, 2.45) is 0 Å². The Morgan fingerprint density at radius 3 is 2.86 bits per heavy atom. The molecular weight excluding hydrogens is 272 g/mol. The van der Waals surface area contributed by atoms with Gasteiger partial charge in [-0.1, -0.05) is 6.07 Å². The van der Waals surface area contributed by atoms with E-state index < -0.39 is 0 Å². The first kappa shape index (κ1) is 15.6. The minimum atomic E-state index is -0.0105. The highest BCUT2D eigenvalue weighted by molar-refractivity contribution is 5.77. The third-order valence-electron chi connectivity index (χ3n) is 3.11. The Morgan fingerprint density at radius 1 is 1.24 bits per heavy atom. The van der Waals surface area contributed by atoms with Gasteiger partial charge in [0.15, 0.2) is 11.5 Å². The Balaban J connectivity index is 1.67. The van der Waals surface area contributed by atoms with Crippen molar-refractivity contribution in [3.05, 3.63) is 23.8 Å². The van der Waals surface area contributed by atoms with E-state index in [0.29, 0.717) is 39.5 Å². The molecule has 2 N–H and O–H groups in total. The molecule has 0 saturated heterocycles. The number of benzene rings is 1. The van der Waals surface area contributed by atoms with E-state index in [2.05, 4.69) is 10.6 Å². The van der Waals surface area contributed by atoms with E-state index in [-0.39, 0.29) is 5.91 Å². The van der Waals surface area contributed by atoms with Crippen molar-refractivity contribution in [2.45, 2.75) is 6.42 Å². The zero-order valence-corrected chi connectivity index (χ0v) is 12.3. The van der Waals surface area contributed by atoms with Crippen LogP contribution >= 0.6 is 0 Å². The standard InChI is InChI=1S/C15H22N2O4/c1-19-7-6-16-11-15(18)17-5-4-12-2-3-13-14(10-12)21-9-8-20-13/h2-3,10,16H,4-9,11H2,1H3,(H,17,18). The van der Waals surface area contributed by atoms with Crippen molar-refractivity contribution in [1.82, 2.24) is 10.6 Å². The van der Waals surface area contributed by atoms with Crippen LogP contribution in [0.5, 0.6) is 11.5 Å². The third kappa shape index (κ3) is 5.24. The molecule has 21 heavy (non-hydrogen) atoms. The van der Waals surface area contributed by atoms with Gasteiger partial charge >= 0.3 is 0 Å². The Hall–Kier alpha value is -1.79. The zero-order chi connectivity index (χ0) is 14.9. The molecular formula is C15H22N2O4. The Morgan fingerprint density at radius 2 is 2.05 bits per heavy atom. The molecule has 0 bridgehead atoms. The highest BCUT2D eigenvalue weighted by Gasteiger charge is 2.11. The average Bonchev–Trinajstić information content (AvgIpc) is 2.51. The van der Waals surface area contributed by atoms with E-state index in [1.54, 1.807) is 7.11 Å². The maximum Gasteiger partial charge on any atom is 0.233 e. The monoisotopic (exact) mass is 294 g/mol. The maximum atomic E-state index is 11.6. The number of fused-ring (bicyclic) bond motifs is 1. The van der Waals surface area contributed by atoms with Crippen molar-refractivity contribution in [1.29, 1.82) is 0 Å². The van der Waals surface area contributed by atoms with Crippen molar-refractivity contribution in [2.75, 3.05) is 46.6 Å². The van der Waals surface area contributed by atoms with Crippen molar-refractivity contribution >= 4 is 5.91 Å². The summed E-state index contributed by atoms with van der Waals surface area (Å²) in [5, 5.41) is 5.88. The number of methoxy groups -OCH3 is 1. The third-order valence-corrected chi connectivity index (χ3v) is 3.11. The fourth-order valence-electron chi connectivity index (χ4n) is 2.03. The Kier molecular flexibility index (Phi) is 6.30. The largest absolute Gasteiger partial charge is 0.486 e. The minimum Gasteiger partial charge on any atom is -0.486 e. The summed E-state index contributed by atoms with van der Waals surface area (Å²) in [6.07, 6.45) is 0.764. The molecule has 6 heteroatoms. The number of hydrogen-bond donors (Lipinski definition) is 2. The number of carbonyl (C=O) groups excluding carboxylic acids is 1. The highest BCUT2D eigenvalue weighted by Crippen LogP contribution is 2.30. The predicted octanol–water partition coefficient (Wildman–Crippen LogP) is 0.353. The quantitative estimate of drug-likeness (QED) is 0.677. The lowest BCUT2D eigenvalue weighted by Crippen LogP contribution is -2.36. The van der Waals surface area contributed by atoms with E-state index >= 15 is 0 Å². The fraction of sp³-hybridized carbons (Fsp3) is 0.533. The van der Waals surface area contributed by atoms with E-state index in [1.165, 1.54) is 0 Å². The van der Waals surface area contributed by atoms with Gasteiger partial charge in [-0.2, -0.15) is 0 Å². The van der Waals surface area contributed by atoms with Gasteiger partial charge in [0.05, 0.1) is 13.2 Å². The van der Waals surface area contributed by atoms with Crippen LogP contribution in [0.3, 0.4) is 0 Å². The first-order valence-corrected chi connectivity index (χ1v) is 7.14. The predicted molar refractivity (Wildman–Crippen MR) is 78.9 cm³/mol. The van der Waals surface area contributed by atoms with Crippen LogP contribution in [0.15, 0.2) is 18.2 Å². The van der Waals surface area contributed by atoms with E-state index in [1.807, 2.05) is 18.2 Å². The molecule has 1 amide bonds. The van der Waals surface area contributed by atoms with Gasteiger partial charge in [-0.3, -0.25) is 4.79 Å². The Labute approximate surface area is 124 Å². The molecule has 6 nitrogen and oxygen atoms in total. The minimum absolute atomic E-state index is 0.0105. The number of carbonyl (C=O) groups is 1. The van der Waals surface area contributed by atoms with E-state index in [4.69, 9.17) is 14.2 Å². The molecule has 1 aromatic rings. The number of amides is 1. The summed E-state index contributed by atoms with van der Waals surface area (Å²) in [4.78, 5) is 11.6. The number of hydrogen-bond acceptors (Lipinski definition) is 5. The lowest BCUT2D eigenvalue weighted by molar-refractivity contribution is -0.120. The zero-order valence-electron chi connectivity index (χ0n) is 12.3. The summed E-state index contributed by atoms with van der Waals surface area (Å²) in [6, 6.07) is 5.88. The first-order chi connectivity index (χ1) is 10.3. The maximum absolute atomic E-state index is 11.6. The summed E-state index contributed by atoms with van der Waals surface area (Å²) in [5.41, 5.74) is 1.12. The van der Waals surface area contributed by atoms with Crippen LogP contribution in [0.2, 0.25) is 0 Å². The SMILES string of the molecule is COCCNCC(=O)NCCc1ccc2c(c1)OCCO2. The summed E-state index contributed by atoms with van der Waals surface area (Å²) >= 11 is 0. The summed E-state index contributed by atoms with van der Waals surface area (Å²) in [5.74, 6) is 1.56. The van der Waals surface area contributed by atoms with Gasteiger partial charge in [-0.05, 0) is 24.1 Å². The molecule has 116 valence electrons. The van der Waals surface area contributed by atoms with E-state index in [9.17, 15) is 4.79 Å². The summed E-state index contributed by atoms with van der Waals surface area (Å²) in [7, 11) is 1.63. The van der Waals surface area contributed by atoms with Crippen LogP contribution < -0.4 is 20.1 Å². The Bertz CT molecular complexity index is 465. The molecule has 0 aliphatic carbocycles. The second-order valence-corrected chi connectivity index (χ2v) is 4.75. The second kappa shape index (κ2) is 8.49. The molecule has 0 unspecified atom stereocenters. The van der Waals surface area contributed by atoms with Gasteiger partial charge in [0.2, 0.25) is 5.91 Å². The lowest BCUT2D eigenvalue weighted by atomic mass is 10.1. The highest BCUT2D eigenvalue weighted by atomic mass is 16.6. The smallest absolute Gasteiger partial charge is 0.233 e. The second-order valence-electron chi connectivity index (χ2n) is 4.75. The van der Waals surface area contributed by atoms with Gasteiger partial charge in [0.1, 0.15) is 13.2 Å². The number of nitrogens with one attached hydrogen (secondary N) is 2. The van der Waals surface area contributed by atoms with Crippen molar-refractivity contribution in [3.63, 3.8) is 0 Å². The normalized spacial score (nSPS) is 13.0. The van der Waals surface area contributed by atoms with Gasteiger partial charge < -0.3 is 24.8 Å². The van der Waals surface area contributed by atoms with E-state index in [0.717, 1.165) is 23.5 Å². The molecule has 0 saturated carbocycles. The van der Waals surface area contributed by atoms with Crippen LogP contribution in [-0.2, 0) is 16.0 Å². The molecule has 0 radical (unpaired) electrons. The van der Waals surface area contributed by atoms with Gasteiger partial charge in [-0.25, -0.2) is 0 Å². The van der Waals surface area contributed by atoms with Crippen molar-refractivity contribution < 1.29 is 19.0 Å². The van der Waals surface area contributed by atoms with Crippen LogP contribution in [-0.4, -0.2) is 52.5 Å². The van der Waals surface area contributed by atoms with Crippen LogP contribution in [0.1, 0.15) is 5.56 Å². The van der Waals surface area contributed by atoms with Crippen LogP contribution in [0.25, 0.3) is 0 Å². The molecule has 0 aromatic heterocycles. The molecule has 1 aromatic carbocycles. The van der Waals surface area contributed by atoms with Crippen LogP contribution in [0, 0.1) is 0 Å². The number of rotatable bonds is 8.